The molecule has 0 aromatic heterocycles. The molecule has 0 saturated carbocycles. The molecule has 0 rings (SSSR count). The molecule has 0 aromatic carbocycles. The minimum Gasteiger partial charge on any atom is -0.469 e. The number of carbonyl (C=O) groups excluding carboxylic acids is 1. The van der Waals surface area contributed by atoms with Gasteiger partial charge in [0.15, 0.2) is 6.16 Å². The summed E-state index contributed by atoms with van der Waals surface area (Å²) in [5.74, 6) is -0.274. The maximum atomic E-state index is 10.7. The molecule has 0 aromatic rings. The molecule has 1 unspecified atom stereocenters. The number of methoxy groups -OCH3 is 1. The summed E-state index contributed by atoms with van der Waals surface area (Å²) in [6.07, 6.45) is 1.28. The fraction of sp³-hybridized carbons (Fsp3) is 0.833. The Morgan fingerprint density at radius 2 is 2.09 bits per heavy atom. The lowest BCUT2D eigenvalue weighted by atomic mass is 10.3. The fourth-order valence-electron chi connectivity index (χ4n) is 0.546. The maximum Gasteiger partial charge on any atom is 0.507 e. The van der Waals surface area contributed by atoms with Crippen LogP contribution in [0.4, 0.5) is 0 Å². The molecule has 1 atom stereocenters. The predicted octanol–water partition coefficient (Wildman–Crippen LogP) is 1.33. The van der Waals surface area contributed by atoms with Crippen molar-refractivity contribution in [2.75, 3.05) is 20.4 Å². The van der Waals surface area contributed by atoms with Gasteiger partial charge >= 0.3 is 14.0 Å². The molecule has 0 aliphatic rings. The quantitative estimate of drug-likeness (QED) is 0.472. The van der Waals surface area contributed by atoms with E-state index in [1.54, 1.807) is 0 Å². The van der Waals surface area contributed by atoms with E-state index in [0.717, 1.165) is 0 Å². The van der Waals surface area contributed by atoms with E-state index >= 15 is 0 Å². The average molecular weight is 179 g/mol. The zero-order valence-electron chi connectivity index (χ0n) is 6.70. The molecule has 0 saturated heterocycles. The lowest BCUT2D eigenvalue weighted by Crippen LogP contribution is -2.00. The molecule has 0 aliphatic carbocycles. The molecular formula is C6H12O4P+. The number of hydrogen-bond donors (Lipinski definition) is 0. The molecule has 0 radical (unpaired) electrons. The third-order valence-electron chi connectivity index (χ3n) is 1.15. The number of ether oxygens (including phenoxy) is 1. The van der Waals surface area contributed by atoms with Gasteiger partial charge in [0.05, 0.1) is 14.2 Å². The largest absolute Gasteiger partial charge is 0.507 e. The Morgan fingerprint density at radius 1 is 1.45 bits per heavy atom. The first kappa shape index (κ1) is 10.5. The summed E-state index contributed by atoms with van der Waals surface area (Å²) in [5.41, 5.74) is 0. The Hall–Kier alpha value is -0.470. The predicted molar refractivity (Wildman–Crippen MR) is 40.7 cm³/mol. The second-order valence-electron chi connectivity index (χ2n) is 1.92. The summed E-state index contributed by atoms with van der Waals surface area (Å²) in [7, 11) is 1.15. The van der Waals surface area contributed by atoms with Crippen LogP contribution in [0.5, 0.6) is 0 Å². The van der Waals surface area contributed by atoms with Crippen LogP contribution in [-0.2, 0) is 18.6 Å². The summed E-state index contributed by atoms with van der Waals surface area (Å²) in [6.45, 7) is 0. The zero-order chi connectivity index (χ0) is 8.69. The molecule has 0 heterocycles. The van der Waals surface area contributed by atoms with Gasteiger partial charge in [-0.25, -0.2) is 0 Å². The van der Waals surface area contributed by atoms with Crippen LogP contribution < -0.4 is 0 Å². The lowest BCUT2D eigenvalue weighted by Gasteiger charge is -1.92. The molecular weight excluding hydrogens is 167 g/mol. The molecule has 0 N–H and O–H groups in total. The lowest BCUT2D eigenvalue weighted by molar-refractivity contribution is -0.140. The standard InChI is InChI=1S/C6H12O4P/c1-9-6(7)4-3-5-11(8)10-2/h3-5H2,1-2H3/q+1. The summed E-state index contributed by atoms with van der Waals surface area (Å²) in [6, 6.07) is 0. The molecule has 0 bridgehead atoms. The first-order chi connectivity index (χ1) is 5.20. The van der Waals surface area contributed by atoms with Crippen molar-refractivity contribution < 1.29 is 18.6 Å². The van der Waals surface area contributed by atoms with Gasteiger partial charge in [-0.15, -0.1) is 4.52 Å². The van der Waals surface area contributed by atoms with Crippen molar-refractivity contribution in [1.29, 1.82) is 0 Å². The number of esters is 1. The van der Waals surface area contributed by atoms with E-state index in [2.05, 4.69) is 9.26 Å². The van der Waals surface area contributed by atoms with Crippen LogP contribution in [-0.4, -0.2) is 26.4 Å². The highest BCUT2D eigenvalue weighted by atomic mass is 31.1. The topological polar surface area (TPSA) is 52.6 Å². The van der Waals surface area contributed by atoms with Gasteiger partial charge in [0.1, 0.15) is 0 Å². The smallest absolute Gasteiger partial charge is 0.469 e. The van der Waals surface area contributed by atoms with Crippen LogP contribution in [0, 0.1) is 0 Å². The molecule has 5 heteroatoms. The number of hydrogen-bond acceptors (Lipinski definition) is 4. The Bertz CT molecular complexity index is 130. The normalized spacial score (nSPS) is 10.9. The average Bonchev–Trinajstić information content (AvgIpc) is 2.04. The SMILES string of the molecule is COC(=O)CCC[P+](=O)OC. The van der Waals surface area contributed by atoms with Crippen molar-refractivity contribution in [2.24, 2.45) is 0 Å². The minimum absolute atomic E-state index is 0.274. The highest BCUT2D eigenvalue weighted by molar-refractivity contribution is 7.39. The summed E-state index contributed by atoms with van der Waals surface area (Å²) >= 11 is 0. The van der Waals surface area contributed by atoms with Crippen LogP contribution in [0.15, 0.2) is 0 Å². The third kappa shape index (κ3) is 5.95. The molecule has 0 aliphatic heterocycles. The molecule has 0 amide bonds. The molecule has 11 heavy (non-hydrogen) atoms. The van der Waals surface area contributed by atoms with Gasteiger partial charge in [-0.2, -0.15) is 0 Å². The Balaban J connectivity index is 3.27. The van der Waals surface area contributed by atoms with E-state index in [1.165, 1.54) is 14.2 Å². The van der Waals surface area contributed by atoms with Gasteiger partial charge < -0.3 is 4.74 Å². The minimum atomic E-state index is -1.57. The van der Waals surface area contributed by atoms with E-state index in [1.807, 2.05) is 0 Å². The second kappa shape index (κ2) is 6.25. The van der Waals surface area contributed by atoms with Crippen molar-refractivity contribution in [3.05, 3.63) is 0 Å². The number of rotatable bonds is 5. The van der Waals surface area contributed by atoms with Crippen LogP contribution in [0.2, 0.25) is 0 Å². The first-order valence-electron chi connectivity index (χ1n) is 3.26. The van der Waals surface area contributed by atoms with E-state index in [-0.39, 0.29) is 5.97 Å². The van der Waals surface area contributed by atoms with E-state index in [4.69, 9.17) is 0 Å². The monoisotopic (exact) mass is 179 g/mol. The van der Waals surface area contributed by atoms with Gasteiger partial charge in [0, 0.05) is 12.8 Å². The van der Waals surface area contributed by atoms with E-state index in [9.17, 15) is 9.36 Å². The van der Waals surface area contributed by atoms with Crippen molar-refractivity contribution in [3.63, 3.8) is 0 Å². The summed E-state index contributed by atoms with van der Waals surface area (Å²) in [4.78, 5) is 10.5. The summed E-state index contributed by atoms with van der Waals surface area (Å²) in [5, 5.41) is 0. The Morgan fingerprint density at radius 3 is 2.55 bits per heavy atom. The second-order valence-corrected chi connectivity index (χ2v) is 3.40. The van der Waals surface area contributed by atoms with Crippen LogP contribution >= 0.6 is 8.03 Å². The van der Waals surface area contributed by atoms with Crippen molar-refractivity contribution in [1.82, 2.24) is 0 Å². The molecule has 0 spiro atoms. The Kier molecular flexibility index (Phi) is 5.99. The van der Waals surface area contributed by atoms with Crippen LogP contribution in [0.1, 0.15) is 12.8 Å². The van der Waals surface area contributed by atoms with E-state index in [0.29, 0.717) is 19.0 Å². The van der Waals surface area contributed by atoms with Gasteiger partial charge in [0.25, 0.3) is 0 Å². The van der Waals surface area contributed by atoms with Crippen LogP contribution in [0.3, 0.4) is 0 Å². The third-order valence-corrected chi connectivity index (χ3v) is 2.24. The summed E-state index contributed by atoms with van der Waals surface area (Å²) < 4.78 is 19.6. The van der Waals surface area contributed by atoms with E-state index < -0.39 is 8.03 Å². The van der Waals surface area contributed by atoms with Crippen molar-refractivity contribution in [2.45, 2.75) is 12.8 Å². The van der Waals surface area contributed by atoms with Gasteiger partial charge in [-0.3, -0.25) is 4.79 Å². The van der Waals surface area contributed by atoms with Crippen molar-refractivity contribution in [3.8, 4) is 0 Å². The highest BCUT2D eigenvalue weighted by Crippen LogP contribution is 2.21. The van der Waals surface area contributed by atoms with Crippen LogP contribution in [0.25, 0.3) is 0 Å². The van der Waals surface area contributed by atoms with Crippen molar-refractivity contribution >= 4 is 14.0 Å². The molecule has 0 fully saturated rings. The number of carbonyl (C=O) groups is 1. The highest BCUT2D eigenvalue weighted by Gasteiger charge is 2.14. The maximum absolute atomic E-state index is 10.7. The van der Waals surface area contributed by atoms with Gasteiger partial charge in [-0.1, -0.05) is 0 Å². The Labute approximate surface area is 66.7 Å². The fourth-order valence-corrected chi connectivity index (χ4v) is 1.14. The van der Waals surface area contributed by atoms with Gasteiger partial charge in [0.2, 0.25) is 0 Å². The first-order valence-corrected chi connectivity index (χ1v) is 4.62. The zero-order valence-corrected chi connectivity index (χ0v) is 7.60. The van der Waals surface area contributed by atoms with Gasteiger partial charge in [-0.05, 0) is 4.57 Å². The molecule has 64 valence electrons. The molecule has 4 nitrogen and oxygen atoms in total.